The average Bonchev–Trinajstić information content (AvgIpc) is 2.69. The number of carbonyl (C=O) groups is 1. The largest absolute Gasteiger partial charge is 0.351 e. The van der Waals surface area contributed by atoms with Gasteiger partial charge >= 0.3 is 0 Å². The Balaban J connectivity index is 1.52. The summed E-state index contributed by atoms with van der Waals surface area (Å²) in [5, 5.41) is 3.50. The molecule has 0 aliphatic carbocycles. The summed E-state index contributed by atoms with van der Waals surface area (Å²) in [4.78, 5) is 32.0. The van der Waals surface area contributed by atoms with Crippen LogP contribution in [0.15, 0.2) is 47.4 Å². The molecule has 1 aliphatic heterocycles. The monoisotopic (exact) mass is 350 g/mol. The molecule has 1 fully saturated rings. The fourth-order valence-electron chi connectivity index (χ4n) is 3.50. The molecule has 0 atom stereocenters. The molecule has 4 rings (SSSR count). The van der Waals surface area contributed by atoms with Crippen molar-refractivity contribution >= 4 is 22.5 Å². The first-order chi connectivity index (χ1) is 12.7. The first-order valence-corrected chi connectivity index (χ1v) is 9.14. The molecule has 6 heteroatoms. The van der Waals surface area contributed by atoms with Gasteiger partial charge in [-0.05, 0) is 50.2 Å². The third-order valence-electron chi connectivity index (χ3n) is 4.94. The summed E-state index contributed by atoms with van der Waals surface area (Å²) in [5.41, 5.74) is 1.51. The molecule has 0 radical (unpaired) electrons. The highest BCUT2D eigenvalue weighted by atomic mass is 16.1. The van der Waals surface area contributed by atoms with Crippen molar-refractivity contribution in [2.75, 3.05) is 26.2 Å². The Morgan fingerprint density at radius 2 is 1.88 bits per heavy atom. The van der Waals surface area contributed by atoms with Crippen molar-refractivity contribution in [3.8, 4) is 0 Å². The van der Waals surface area contributed by atoms with E-state index in [0.29, 0.717) is 28.7 Å². The van der Waals surface area contributed by atoms with Crippen molar-refractivity contribution in [1.29, 1.82) is 0 Å². The Hall–Kier alpha value is -2.73. The van der Waals surface area contributed by atoms with Crippen LogP contribution in [-0.4, -0.2) is 46.4 Å². The zero-order chi connectivity index (χ0) is 17.9. The Morgan fingerprint density at radius 3 is 2.73 bits per heavy atom. The van der Waals surface area contributed by atoms with E-state index in [0.717, 1.165) is 19.6 Å². The van der Waals surface area contributed by atoms with Crippen LogP contribution in [0.3, 0.4) is 0 Å². The molecule has 2 aromatic heterocycles. The molecule has 3 aromatic rings. The molecule has 1 aliphatic rings. The number of pyridine rings is 1. The minimum atomic E-state index is -0.163. The molecule has 0 spiro atoms. The van der Waals surface area contributed by atoms with Crippen LogP contribution in [0.5, 0.6) is 0 Å². The number of likely N-dealkylation sites (tertiary alicyclic amines) is 1. The van der Waals surface area contributed by atoms with Crippen LogP contribution in [0.2, 0.25) is 0 Å². The zero-order valence-corrected chi connectivity index (χ0v) is 14.6. The third kappa shape index (κ3) is 3.32. The standard InChI is InChI=1S/C20H22N4O2/c25-19(21-10-13-23-11-4-1-5-12-23)15-8-9-18-22-17-7-3-2-6-16(17)20(26)24(18)14-15/h2-3,6-9,14H,1,4-5,10-13H2,(H,21,25). The van der Waals surface area contributed by atoms with Gasteiger partial charge in [-0.15, -0.1) is 0 Å². The number of hydrogen-bond donors (Lipinski definition) is 1. The van der Waals surface area contributed by atoms with Crippen molar-refractivity contribution in [2.24, 2.45) is 0 Å². The summed E-state index contributed by atoms with van der Waals surface area (Å²) in [5.74, 6) is -0.163. The highest BCUT2D eigenvalue weighted by Crippen LogP contribution is 2.10. The van der Waals surface area contributed by atoms with Crippen molar-refractivity contribution < 1.29 is 4.79 Å². The van der Waals surface area contributed by atoms with E-state index in [1.807, 2.05) is 18.2 Å². The summed E-state index contributed by atoms with van der Waals surface area (Å²) >= 11 is 0. The van der Waals surface area contributed by atoms with Gasteiger partial charge in [0.1, 0.15) is 5.65 Å². The summed E-state index contributed by atoms with van der Waals surface area (Å²) in [6.45, 7) is 3.70. The minimum absolute atomic E-state index is 0.159. The molecule has 3 heterocycles. The molecular weight excluding hydrogens is 328 g/mol. The van der Waals surface area contributed by atoms with E-state index in [-0.39, 0.29) is 11.5 Å². The molecular formula is C20H22N4O2. The number of amides is 1. The Labute approximate surface area is 151 Å². The Kier molecular flexibility index (Phi) is 4.67. The summed E-state index contributed by atoms with van der Waals surface area (Å²) in [6, 6.07) is 10.7. The lowest BCUT2D eigenvalue weighted by molar-refractivity contribution is 0.0946. The van der Waals surface area contributed by atoms with Gasteiger partial charge in [0.05, 0.1) is 16.5 Å². The molecule has 26 heavy (non-hydrogen) atoms. The van der Waals surface area contributed by atoms with Crippen LogP contribution in [-0.2, 0) is 0 Å². The molecule has 1 amide bonds. The van der Waals surface area contributed by atoms with E-state index in [4.69, 9.17) is 0 Å². The maximum absolute atomic E-state index is 12.7. The molecule has 0 unspecified atom stereocenters. The molecule has 0 bridgehead atoms. The topological polar surface area (TPSA) is 66.7 Å². The van der Waals surface area contributed by atoms with E-state index >= 15 is 0 Å². The Morgan fingerprint density at radius 1 is 1.08 bits per heavy atom. The number of para-hydroxylation sites is 1. The number of fused-ring (bicyclic) bond motifs is 2. The third-order valence-corrected chi connectivity index (χ3v) is 4.94. The van der Waals surface area contributed by atoms with Crippen LogP contribution in [0.1, 0.15) is 29.6 Å². The van der Waals surface area contributed by atoms with Crippen LogP contribution in [0, 0.1) is 0 Å². The van der Waals surface area contributed by atoms with Crippen molar-refractivity contribution in [1.82, 2.24) is 19.6 Å². The van der Waals surface area contributed by atoms with Gasteiger partial charge in [-0.3, -0.25) is 14.0 Å². The molecule has 1 aromatic carbocycles. The number of benzene rings is 1. The van der Waals surface area contributed by atoms with E-state index in [9.17, 15) is 9.59 Å². The maximum atomic E-state index is 12.7. The summed E-state index contributed by atoms with van der Waals surface area (Å²) < 4.78 is 1.45. The molecule has 6 nitrogen and oxygen atoms in total. The number of nitrogens with one attached hydrogen (secondary N) is 1. The van der Waals surface area contributed by atoms with Crippen LogP contribution in [0.25, 0.3) is 16.6 Å². The lowest BCUT2D eigenvalue weighted by atomic mass is 10.1. The van der Waals surface area contributed by atoms with Gasteiger partial charge in [0.15, 0.2) is 0 Å². The predicted octanol–water partition coefficient (Wildman–Crippen LogP) is 2.06. The van der Waals surface area contributed by atoms with Gasteiger partial charge < -0.3 is 10.2 Å². The maximum Gasteiger partial charge on any atom is 0.265 e. The normalized spacial score (nSPS) is 15.4. The van der Waals surface area contributed by atoms with Gasteiger partial charge in [-0.1, -0.05) is 18.6 Å². The first-order valence-electron chi connectivity index (χ1n) is 9.14. The molecule has 1 N–H and O–H groups in total. The predicted molar refractivity (Wildman–Crippen MR) is 102 cm³/mol. The van der Waals surface area contributed by atoms with Crippen LogP contribution < -0.4 is 10.9 Å². The number of carbonyl (C=O) groups excluding carboxylic acids is 1. The molecule has 134 valence electrons. The van der Waals surface area contributed by atoms with Gasteiger partial charge in [-0.25, -0.2) is 4.98 Å². The zero-order valence-electron chi connectivity index (χ0n) is 14.6. The lowest BCUT2D eigenvalue weighted by Crippen LogP contribution is -2.37. The number of hydrogen-bond acceptors (Lipinski definition) is 4. The van der Waals surface area contributed by atoms with E-state index in [1.165, 1.54) is 23.7 Å². The second kappa shape index (κ2) is 7.25. The van der Waals surface area contributed by atoms with Crippen molar-refractivity contribution in [3.05, 3.63) is 58.5 Å². The highest BCUT2D eigenvalue weighted by molar-refractivity contribution is 5.94. The van der Waals surface area contributed by atoms with Crippen molar-refractivity contribution in [2.45, 2.75) is 19.3 Å². The van der Waals surface area contributed by atoms with Gasteiger partial charge in [0.2, 0.25) is 0 Å². The van der Waals surface area contributed by atoms with Gasteiger partial charge in [0, 0.05) is 19.3 Å². The smallest absolute Gasteiger partial charge is 0.265 e. The fourth-order valence-corrected chi connectivity index (χ4v) is 3.50. The summed E-state index contributed by atoms with van der Waals surface area (Å²) in [7, 11) is 0. The Bertz CT molecular complexity index is 1010. The molecule has 1 saturated heterocycles. The highest BCUT2D eigenvalue weighted by Gasteiger charge is 2.12. The SMILES string of the molecule is O=C(NCCN1CCCCC1)c1ccc2nc3ccccc3c(=O)n2c1. The second-order valence-corrected chi connectivity index (χ2v) is 6.74. The second-order valence-electron chi connectivity index (χ2n) is 6.74. The van der Waals surface area contributed by atoms with E-state index < -0.39 is 0 Å². The van der Waals surface area contributed by atoms with Gasteiger partial charge in [0.25, 0.3) is 11.5 Å². The van der Waals surface area contributed by atoms with E-state index in [1.54, 1.807) is 24.4 Å². The fraction of sp³-hybridized carbons (Fsp3) is 0.350. The number of aromatic nitrogens is 2. The summed E-state index contributed by atoms with van der Waals surface area (Å²) in [6.07, 6.45) is 5.36. The van der Waals surface area contributed by atoms with Crippen LogP contribution >= 0.6 is 0 Å². The molecule has 0 saturated carbocycles. The van der Waals surface area contributed by atoms with Gasteiger partial charge in [-0.2, -0.15) is 0 Å². The average molecular weight is 350 g/mol. The number of rotatable bonds is 4. The van der Waals surface area contributed by atoms with Crippen LogP contribution in [0.4, 0.5) is 0 Å². The van der Waals surface area contributed by atoms with E-state index in [2.05, 4.69) is 15.2 Å². The van der Waals surface area contributed by atoms with Crippen molar-refractivity contribution in [3.63, 3.8) is 0 Å². The first kappa shape index (κ1) is 16.7. The number of nitrogens with zero attached hydrogens (tertiary/aromatic N) is 3. The lowest BCUT2D eigenvalue weighted by Gasteiger charge is -2.26. The number of piperidine rings is 1. The quantitative estimate of drug-likeness (QED) is 0.732. The minimum Gasteiger partial charge on any atom is -0.351 e.